The standard InChI is InChI=1S/C14H28N4/c1-6-11-10-13(18(7-2)17-11)12(16-15)8-9-14(3,4)5/h10,12,16H,6-9,15H2,1-5H3. The summed E-state index contributed by atoms with van der Waals surface area (Å²) in [7, 11) is 0. The lowest BCUT2D eigenvalue weighted by molar-refractivity contribution is 0.326. The second-order valence-corrected chi connectivity index (χ2v) is 6.05. The Morgan fingerprint density at radius 1 is 1.39 bits per heavy atom. The third-order valence-electron chi connectivity index (χ3n) is 3.26. The zero-order chi connectivity index (χ0) is 13.8. The van der Waals surface area contributed by atoms with Gasteiger partial charge >= 0.3 is 0 Å². The van der Waals surface area contributed by atoms with Gasteiger partial charge in [-0.2, -0.15) is 5.10 Å². The highest BCUT2D eigenvalue weighted by Crippen LogP contribution is 2.27. The van der Waals surface area contributed by atoms with E-state index in [0.29, 0.717) is 5.41 Å². The van der Waals surface area contributed by atoms with Crippen molar-refractivity contribution in [3.63, 3.8) is 0 Å². The first-order valence-electron chi connectivity index (χ1n) is 6.94. The molecule has 3 N–H and O–H groups in total. The Kier molecular flexibility index (Phi) is 5.35. The maximum absolute atomic E-state index is 5.72. The first-order valence-corrected chi connectivity index (χ1v) is 6.94. The van der Waals surface area contributed by atoms with Gasteiger partial charge in [0.2, 0.25) is 0 Å². The number of nitrogens with one attached hydrogen (secondary N) is 1. The number of hydrogen-bond acceptors (Lipinski definition) is 3. The molecule has 1 unspecified atom stereocenters. The minimum Gasteiger partial charge on any atom is -0.271 e. The number of nitrogens with two attached hydrogens (primary N) is 1. The zero-order valence-electron chi connectivity index (χ0n) is 12.5. The molecule has 0 aromatic carbocycles. The molecule has 0 radical (unpaired) electrons. The van der Waals surface area contributed by atoms with Crippen LogP contribution in [0.15, 0.2) is 6.07 Å². The monoisotopic (exact) mass is 252 g/mol. The molecule has 0 aliphatic rings. The number of rotatable bonds is 6. The lowest BCUT2D eigenvalue weighted by atomic mass is 9.88. The van der Waals surface area contributed by atoms with Crippen LogP contribution in [0.2, 0.25) is 0 Å². The zero-order valence-corrected chi connectivity index (χ0v) is 12.5. The van der Waals surface area contributed by atoms with E-state index in [1.54, 1.807) is 0 Å². The predicted octanol–water partition coefficient (Wildman–Crippen LogP) is 2.80. The Balaban J connectivity index is 2.83. The van der Waals surface area contributed by atoms with E-state index in [4.69, 9.17) is 5.84 Å². The van der Waals surface area contributed by atoms with Crippen LogP contribution >= 0.6 is 0 Å². The fourth-order valence-corrected chi connectivity index (χ4v) is 2.09. The number of nitrogens with zero attached hydrogens (tertiary/aromatic N) is 2. The van der Waals surface area contributed by atoms with E-state index in [2.05, 4.69) is 55.9 Å². The molecule has 0 aliphatic heterocycles. The third kappa shape index (κ3) is 4.10. The van der Waals surface area contributed by atoms with Crippen LogP contribution in [-0.4, -0.2) is 9.78 Å². The van der Waals surface area contributed by atoms with Crippen molar-refractivity contribution in [1.29, 1.82) is 0 Å². The van der Waals surface area contributed by atoms with Crippen LogP contribution in [-0.2, 0) is 13.0 Å². The van der Waals surface area contributed by atoms with Crippen LogP contribution in [0.3, 0.4) is 0 Å². The van der Waals surface area contributed by atoms with Gasteiger partial charge in [-0.1, -0.05) is 27.7 Å². The van der Waals surface area contributed by atoms with Crippen molar-refractivity contribution in [1.82, 2.24) is 15.2 Å². The molecular formula is C14H28N4. The van der Waals surface area contributed by atoms with Crippen molar-refractivity contribution >= 4 is 0 Å². The summed E-state index contributed by atoms with van der Waals surface area (Å²) in [6.07, 6.45) is 3.14. The second kappa shape index (κ2) is 6.34. The summed E-state index contributed by atoms with van der Waals surface area (Å²) < 4.78 is 2.06. The van der Waals surface area contributed by atoms with Crippen molar-refractivity contribution in [2.24, 2.45) is 11.3 Å². The molecule has 1 rings (SSSR count). The van der Waals surface area contributed by atoms with Crippen LogP contribution in [0.5, 0.6) is 0 Å². The van der Waals surface area contributed by atoms with Gasteiger partial charge in [-0.15, -0.1) is 0 Å². The van der Waals surface area contributed by atoms with Gasteiger partial charge in [0.05, 0.1) is 17.4 Å². The van der Waals surface area contributed by atoms with E-state index in [1.807, 2.05) is 0 Å². The molecule has 1 heterocycles. The van der Waals surface area contributed by atoms with Gasteiger partial charge in [0.1, 0.15) is 0 Å². The first kappa shape index (κ1) is 15.2. The summed E-state index contributed by atoms with van der Waals surface area (Å²) in [6, 6.07) is 2.37. The molecule has 1 aromatic heterocycles. The molecule has 0 aliphatic carbocycles. The topological polar surface area (TPSA) is 55.9 Å². The van der Waals surface area contributed by atoms with Gasteiger partial charge in [-0.05, 0) is 37.7 Å². The van der Waals surface area contributed by atoms with Crippen LogP contribution in [0.4, 0.5) is 0 Å². The minimum atomic E-state index is 0.192. The number of aromatic nitrogens is 2. The Morgan fingerprint density at radius 3 is 2.50 bits per heavy atom. The van der Waals surface area contributed by atoms with Gasteiger partial charge in [-0.25, -0.2) is 0 Å². The van der Waals surface area contributed by atoms with E-state index < -0.39 is 0 Å². The molecule has 18 heavy (non-hydrogen) atoms. The van der Waals surface area contributed by atoms with Crippen LogP contribution in [0.1, 0.15) is 64.9 Å². The smallest absolute Gasteiger partial charge is 0.0629 e. The van der Waals surface area contributed by atoms with Crippen molar-refractivity contribution in [3.05, 3.63) is 17.5 Å². The van der Waals surface area contributed by atoms with Gasteiger partial charge in [0, 0.05) is 6.54 Å². The van der Waals surface area contributed by atoms with Gasteiger partial charge in [-0.3, -0.25) is 16.0 Å². The molecule has 4 heteroatoms. The van der Waals surface area contributed by atoms with E-state index in [-0.39, 0.29) is 6.04 Å². The third-order valence-corrected chi connectivity index (χ3v) is 3.26. The van der Waals surface area contributed by atoms with Gasteiger partial charge < -0.3 is 0 Å². The molecule has 0 amide bonds. The molecule has 0 fully saturated rings. The average Bonchev–Trinajstić information content (AvgIpc) is 2.72. The minimum absolute atomic E-state index is 0.192. The Hall–Kier alpha value is -0.870. The summed E-state index contributed by atoms with van der Waals surface area (Å²) in [5.41, 5.74) is 5.63. The quantitative estimate of drug-likeness (QED) is 0.604. The summed E-state index contributed by atoms with van der Waals surface area (Å²) in [6.45, 7) is 11.9. The Bertz CT molecular complexity index is 362. The summed E-state index contributed by atoms with van der Waals surface area (Å²) >= 11 is 0. The maximum atomic E-state index is 5.72. The molecule has 1 atom stereocenters. The summed E-state index contributed by atoms with van der Waals surface area (Å²) in [4.78, 5) is 0. The van der Waals surface area contributed by atoms with Gasteiger partial charge in [0.25, 0.3) is 0 Å². The fraction of sp³-hybridized carbons (Fsp3) is 0.786. The average molecular weight is 252 g/mol. The number of hydrazine groups is 1. The van der Waals surface area contributed by atoms with Crippen molar-refractivity contribution in [2.45, 2.75) is 66.5 Å². The highest BCUT2D eigenvalue weighted by molar-refractivity contribution is 5.14. The molecule has 0 saturated heterocycles. The Morgan fingerprint density at radius 2 is 2.06 bits per heavy atom. The normalized spacial score (nSPS) is 13.9. The van der Waals surface area contributed by atoms with Gasteiger partial charge in [0.15, 0.2) is 0 Å². The van der Waals surface area contributed by atoms with E-state index >= 15 is 0 Å². The predicted molar refractivity (Wildman–Crippen MR) is 76.0 cm³/mol. The Labute approximate surface area is 111 Å². The van der Waals surface area contributed by atoms with E-state index in [1.165, 1.54) is 5.69 Å². The number of aryl methyl sites for hydroxylation is 2. The maximum Gasteiger partial charge on any atom is 0.0629 e. The highest BCUT2D eigenvalue weighted by atomic mass is 15.3. The fourth-order valence-electron chi connectivity index (χ4n) is 2.09. The molecule has 4 nitrogen and oxygen atoms in total. The van der Waals surface area contributed by atoms with Crippen molar-refractivity contribution in [3.8, 4) is 0 Å². The molecule has 0 bridgehead atoms. The largest absolute Gasteiger partial charge is 0.271 e. The molecular weight excluding hydrogens is 224 g/mol. The van der Waals surface area contributed by atoms with Crippen LogP contribution in [0.25, 0.3) is 0 Å². The molecule has 0 saturated carbocycles. The van der Waals surface area contributed by atoms with Crippen LogP contribution < -0.4 is 11.3 Å². The second-order valence-electron chi connectivity index (χ2n) is 6.05. The van der Waals surface area contributed by atoms with E-state index in [0.717, 1.165) is 31.5 Å². The summed E-state index contributed by atoms with van der Waals surface area (Å²) in [5, 5.41) is 4.58. The molecule has 104 valence electrons. The van der Waals surface area contributed by atoms with Crippen molar-refractivity contribution in [2.75, 3.05) is 0 Å². The van der Waals surface area contributed by atoms with Crippen LogP contribution in [0, 0.1) is 5.41 Å². The molecule has 1 aromatic rings. The van der Waals surface area contributed by atoms with E-state index in [9.17, 15) is 0 Å². The summed E-state index contributed by atoms with van der Waals surface area (Å²) in [5.74, 6) is 5.72. The molecule has 0 spiro atoms. The SMILES string of the molecule is CCc1cc(C(CCC(C)(C)C)NN)n(CC)n1. The lowest BCUT2D eigenvalue weighted by Crippen LogP contribution is -2.30. The highest BCUT2D eigenvalue weighted by Gasteiger charge is 2.19. The lowest BCUT2D eigenvalue weighted by Gasteiger charge is -2.23. The van der Waals surface area contributed by atoms with Crippen molar-refractivity contribution < 1.29 is 0 Å². The number of hydrogen-bond donors (Lipinski definition) is 2. The first-order chi connectivity index (χ1) is 8.41.